The van der Waals surface area contributed by atoms with Crippen molar-refractivity contribution in [2.75, 3.05) is 12.4 Å². The van der Waals surface area contributed by atoms with E-state index in [-0.39, 0.29) is 11.3 Å². The van der Waals surface area contributed by atoms with E-state index in [1.807, 2.05) is 30.3 Å². The highest BCUT2D eigenvalue weighted by atomic mass is 16.5. The lowest BCUT2D eigenvalue weighted by atomic mass is 10.1. The third kappa shape index (κ3) is 3.45. The van der Waals surface area contributed by atoms with Gasteiger partial charge in [-0.25, -0.2) is 0 Å². The molecular formula is C25H18N4O3. The fourth-order valence-corrected chi connectivity index (χ4v) is 3.59. The maximum Gasteiger partial charge on any atom is 0.279 e. The first-order valence-corrected chi connectivity index (χ1v) is 9.97. The predicted molar refractivity (Wildman–Crippen MR) is 124 cm³/mol. The third-order valence-corrected chi connectivity index (χ3v) is 5.19. The number of ether oxygens (including phenoxy) is 1. The fourth-order valence-electron chi connectivity index (χ4n) is 3.59. The number of hydrogen-bond acceptors (Lipinski definition) is 5. The van der Waals surface area contributed by atoms with Crippen molar-refractivity contribution in [1.82, 2.24) is 14.8 Å². The molecule has 1 N–H and O–H groups in total. The minimum atomic E-state index is -0.430. The highest BCUT2D eigenvalue weighted by molar-refractivity contribution is 6.11. The van der Waals surface area contributed by atoms with Gasteiger partial charge in [0, 0.05) is 10.8 Å². The molecule has 5 rings (SSSR count). The maximum atomic E-state index is 13.2. The first-order valence-electron chi connectivity index (χ1n) is 9.97. The SMILES string of the molecule is COc1ccc(-n2nc(C(=O)Nc3cnc4ccccc4c3)c3ccccc3c2=O)cc1. The van der Waals surface area contributed by atoms with E-state index in [0.29, 0.717) is 27.9 Å². The molecule has 2 aromatic heterocycles. The van der Waals surface area contributed by atoms with Gasteiger partial charge in [0.15, 0.2) is 5.69 Å². The van der Waals surface area contributed by atoms with Crippen LogP contribution in [0.2, 0.25) is 0 Å². The summed E-state index contributed by atoms with van der Waals surface area (Å²) in [5.74, 6) is 0.227. The van der Waals surface area contributed by atoms with Crippen LogP contribution in [-0.4, -0.2) is 27.8 Å². The van der Waals surface area contributed by atoms with Crippen LogP contribution in [0.15, 0.2) is 89.9 Å². The number of anilines is 1. The Morgan fingerprint density at radius 1 is 0.938 bits per heavy atom. The van der Waals surface area contributed by atoms with Gasteiger partial charge in [-0.2, -0.15) is 9.78 Å². The lowest BCUT2D eigenvalue weighted by Crippen LogP contribution is -2.26. The van der Waals surface area contributed by atoms with Crippen molar-refractivity contribution in [3.8, 4) is 11.4 Å². The van der Waals surface area contributed by atoms with E-state index in [4.69, 9.17) is 4.74 Å². The Labute approximate surface area is 182 Å². The molecule has 0 atom stereocenters. The number of aromatic nitrogens is 3. The number of fused-ring (bicyclic) bond motifs is 2. The van der Waals surface area contributed by atoms with Crippen LogP contribution in [0.4, 0.5) is 5.69 Å². The first-order chi connectivity index (χ1) is 15.6. The van der Waals surface area contributed by atoms with Gasteiger partial charge in [-0.05, 0) is 42.5 Å². The second kappa shape index (κ2) is 7.96. The Morgan fingerprint density at radius 2 is 1.66 bits per heavy atom. The average molecular weight is 422 g/mol. The van der Waals surface area contributed by atoms with Crippen LogP contribution >= 0.6 is 0 Å². The van der Waals surface area contributed by atoms with Gasteiger partial charge >= 0.3 is 0 Å². The Morgan fingerprint density at radius 3 is 2.44 bits per heavy atom. The predicted octanol–water partition coefficient (Wildman–Crippen LogP) is 4.19. The molecule has 0 unspecified atom stereocenters. The molecule has 0 aliphatic heterocycles. The highest BCUT2D eigenvalue weighted by Gasteiger charge is 2.18. The largest absolute Gasteiger partial charge is 0.497 e. The molecule has 0 spiro atoms. The number of nitrogens with zero attached hydrogens (tertiary/aromatic N) is 3. The zero-order valence-corrected chi connectivity index (χ0v) is 17.1. The van der Waals surface area contributed by atoms with Crippen LogP contribution in [0.3, 0.4) is 0 Å². The van der Waals surface area contributed by atoms with E-state index in [1.54, 1.807) is 61.8 Å². The molecular weight excluding hydrogens is 404 g/mol. The average Bonchev–Trinajstić information content (AvgIpc) is 2.84. The second-order valence-electron chi connectivity index (χ2n) is 7.18. The zero-order valence-electron chi connectivity index (χ0n) is 17.1. The molecule has 0 aliphatic carbocycles. The van der Waals surface area contributed by atoms with Crippen LogP contribution in [0, 0.1) is 0 Å². The van der Waals surface area contributed by atoms with Crippen molar-refractivity contribution in [3.05, 3.63) is 101 Å². The van der Waals surface area contributed by atoms with E-state index >= 15 is 0 Å². The van der Waals surface area contributed by atoms with Gasteiger partial charge in [-0.3, -0.25) is 14.6 Å². The van der Waals surface area contributed by atoms with Crippen molar-refractivity contribution >= 4 is 33.3 Å². The number of nitrogens with one attached hydrogen (secondary N) is 1. The molecule has 0 bridgehead atoms. The molecule has 7 nitrogen and oxygen atoms in total. The third-order valence-electron chi connectivity index (χ3n) is 5.19. The summed E-state index contributed by atoms with van der Waals surface area (Å²) in [6.07, 6.45) is 1.60. The molecule has 2 heterocycles. The summed E-state index contributed by atoms with van der Waals surface area (Å²) in [7, 11) is 1.57. The van der Waals surface area contributed by atoms with E-state index in [0.717, 1.165) is 10.9 Å². The van der Waals surface area contributed by atoms with Crippen molar-refractivity contribution in [2.24, 2.45) is 0 Å². The smallest absolute Gasteiger partial charge is 0.279 e. The molecule has 156 valence electrons. The van der Waals surface area contributed by atoms with Crippen LogP contribution in [-0.2, 0) is 0 Å². The molecule has 0 radical (unpaired) electrons. The summed E-state index contributed by atoms with van der Waals surface area (Å²) < 4.78 is 6.42. The lowest BCUT2D eigenvalue weighted by Gasteiger charge is -2.12. The Balaban J connectivity index is 1.60. The van der Waals surface area contributed by atoms with E-state index in [9.17, 15) is 9.59 Å². The summed E-state index contributed by atoms with van der Waals surface area (Å²) in [5.41, 5.74) is 1.74. The molecule has 0 saturated carbocycles. The van der Waals surface area contributed by atoms with Crippen molar-refractivity contribution in [2.45, 2.75) is 0 Å². The number of hydrogen-bond donors (Lipinski definition) is 1. The number of rotatable bonds is 4. The van der Waals surface area contributed by atoms with Gasteiger partial charge < -0.3 is 10.1 Å². The zero-order chi connectivity index (χ0) is 22.1. The number of carbonyl (C=O) groups is 1. The molecule has 0 saturated heterocycles. The minimum Gasteiger partial charge on any atom is -0.497 e. The van der Waals surface area contributed by atoms with Crippen LogP contribution in [0.1, 0.15) is 10.5 Å². The Kier molecular flexibility index (Phi) is 4.84. The monoisotopic (exact) mass is 422 g/mol. The summed E-state index contributed by atoms with van der Waals surface area (Å²) >= 11 is 0. The van der Waals surface area contributed by atoms with Crippen molar-refractivity contribution in [1.29, 1.82) is 0 Å². The summed E-state index contributed by atoms with van der Waals surface area (Å²) in [4.78, 5) is 30.7. The Bertz CT molecular complexity index is 1520. The lowest BCUT2D eigenvalue weighted by molar-refractivity contribution is 0.102. The molecule has 5 aromatic rings. The fraction of sp³-hybridized carbons (Fsp3) is 0.0400. The van der Waals surface area contributed by atoms with E-state index in [2.05, 4.69) is 15.4 Å². The number of carbonyl (C=O) groups excluding carboxylic acids is 1. The maximum absolute atomic E-state index is 13.2. The molecule has 1 amide bonds. The van der Waals surface area contributed by atoms with Crippen LogP contribution in [0.25, 0.3) is 27.4 Å². The first kappa shape index (κ1) is 19.4. The summed E-state index contributed by atoms with van der Waals surface area (Å²) in [6, 6.07) is 23.3. The summed E-state index contributed by atoms with van der Waals surface area (Å²) in [6.45, 7) is 0. The van der Waals surface area contributed by atoms with Gasteiger partial charge in [0.05, 0.1) is 35.6 Å². The van der Waals surface area contributed by atoms with Crippen molar-refractivity contribution < 1.29 is 9.53 Å². The second-order valence-corrected chi connectivity index (χ2v) is 7.18. The highest BCUT2D eigenvalue weighted by Crippen LogP contribution is 2.20. The molecule has 32 heavy (non-hydrogen) atoms. The van der Waals surface area contributed by atoms with Gasteiger partial charge in [0.2, 0.25) is 0 Å². The van der Waals surface area contributed by atoms with Gasteiger partial charge in [-0.15, -0.1) is 0 Å². The van der Waals surface area contributed by atoms with Gasteiger partial charge in [0.25, 0.3) is 11.5 Å². The van der Waals surface area contributed by atoms with Crippen LogP contribution < -0.4 is 15.6 Å². The van der Waals surface area contributed by atoms with E-state index in [1.165, 1.54) is 4.68 Å². The number of methoxy groups -OCH3 is 1. The van der Waals surface area contributed by atoms with Gasteiger partial charge in [-0.1, -0.05) is 36.4 Å². The van der Waals surface area contributed by atoms with Crippen LogP contribution in [0.5, 0.6) is 5.75 Å². The normalized spacial score (nSPS) is 10.9. The Hall–Kier alpha value is -4.52. The topological polar surface area (TPSA) is 86.1 Å². The molecule has 7 heteroatoms. The standard InChI is InChI=1S/C25H18N4O3/c1-32-19-12-10-18(11-13-19)29-25(31)21-8-4-3-7-20(21)23(28-29)24(30)27-17-14-16-6-2-5-9-22(16)26-15-17/h2-15H,1H3,(H,27,30). The quantitative estimate of drug-likeness (QED) is 0.469. The van der Waals surface area contributed by atoms with Crippen molar-refractivity contribution in [3.63, 3.8) is 0 Å². The number of amides is 1. The van der Waals surface area contributed by atoms with Gasteiger partial charge in [0.1, 0.15) is 5.75 Å². The van der Waals surface area contributed by atoms with E-state index < -0.39 is 5.91 Å². The number of pyridine rings is 1. The number of benzene rings is 3. The summed E-state index contributed by atoms with van der Waals surface area (Å²) in [5, 5.41) is 9.07. The molecule has 0 fully saturated rings. The number of para-hydroxylation sites is 1. The molecule has 0 aliphatic rings. The molecule has 3 aromatic carbocycles. The minimum absolute atomic E-state index is 0.143.